The number of hydrogen-bond donors (Lipinski definition) is 2. The van der Waals surface area contributed by atoms with Crippen molar-refractivity contribution in [1.29, 1.82) is 0 Å². The number of halogens is 1. The Kier molecular flexibility index (Phi) is 5.41. The number of nitrogens with one attached hydrogen (secondary N) is 2. The number of anilines is 1. The lowest BCUT2D eigenvalue weighted by Crippen LogP contribution is -2.23. The predicted octanol–water partition coefficient (Wildman–Crippen LogP) is 1.93. The summed E-state index contributed by atoms with van der Waals surface area (Å²) < 4.78 is 40.1. The Morgan fingerprint density at radius 2 is 2.00 bits per heavy atom. The van der Waals surface area contributed by atoms with E-state index in [1.807, 2.05) is 0 Å². The maximum Gasteiger partial charge on any atom is 0.270 e. The summed E-state index contributed by atoms with van der Waals surface area (Å²) in [7, 11) is -2.43. The molecule has 0 aliphatic heterocycles. The maximum atomic E-state index is 14.1. The average Bonchev–Trinajstić information content (AvgIpc) is 3.17. The number of aryl methyl sites for hydroxylation is 1. The van der Waals surface area contributed by atoms with E-state index in [-0.39, 0.29) is 12.1 Å². The van der Waals surface area contributed by atoms with E-state index in [4.69, 9.17) is 0 Å². The molecule has 0 bridgehead atoms. The summed E-state index contributed by atoms with van der Waals surface area (Å²) in [4.78, 5) is 20.0. The van der Waals surface area contributed by atoms with E-state index in [0.29, 0.717) is 17.1 Å². The highest BCUT2D eigenvalue weighted by atomic mass is 32.2. The van der Waals surface area contributed by atoms with Gasteiger partial charge in [0.15, 0.2) is 0 Å². The first-order chi connectivity index (χ1) is 13.3. The molecule has 0 fully saturated rings. The lowest BCUT2D eigenvalue weighted by atomic mass is 10.2. The summed E-state index contributed by atoms with van der Waals surface area (Å²) in [5.74, 6) is -0.734. The SMILES string of the molecule is CNc1cnc(CNC(=O)c2ccn(S(=O)(=O)c3ccc(C)cc3F)c2)cn1. The molecule has 0 radical (unpaired) electrons. The first-order valence-corrected chi connectivity index (χ1v) is 9.72. The topological polar surface area (TPSA) is 106 Å². The highest BCUT2D eigenvalue weighted by Gasteiger charge is 2.22. The lowest BCUT2D eigenvalue weighted by Gasteiger charge is -2.07. The molecule has 0 spiro atoms. The van der Waals surface area contributed by atoms with Crippen molar-refractivity contribution in [3.05, 3.63) is 71.7 Å². The van der Waals surface area contributed by atoms with Crippen LogP contribution in [0.2, 0.25) is 0 Å². The van der Waals surface area contributed by atoms with E-state index in [9.17, 15) is 17.6 Å². The van der Waals surface area contributed by atoms with Crippen LogP contribution in [0.25, 0.3) is 0 Å². The quantitative estimate of drug-likeness (QED) is 0.652. The van der Waals surface area contributed by atoms with Gasteiger partial charge in [-0.2, -0.15) is 0 Å². The van der Waals surface area contributed by atoms with Crippen LogP contribution in [0.3, 0.4) is 0 Å². The fourth-order valence-corrected chi connectivity index (χ4v) is 3.68. The van der Waals surface area contributed by atoms with E-state index in [0.717, 1.165) is 16.2 Å². The van der Waals surface area contributed by atoms with Crippen molar-refractivity contribution in [3.8, 4) is 0 Å². The molecule has 0 aliphatic rings. The lowest BCUT2D eigenvalue weighted by molar-refractivity contribution is 0.0950. The summed E-state index contributed by atoms with van der Waals surface area (Å²) >= 11 is 0. The maximum absolute atomic E-state index is 14.1. The second-order valence-corrected chi connectivity index (χ2v) is 7.81. The molecule has 0 aliphatic carbocycles. The van der Waals surface area contributed by atoms with Crippen LogP contribution in [-0.2, 0) is 16.6 Å². The monoisotopic (exact) mass is 403 g/mol. The van der Waals surface area contributed by atoms with Crippen LogP contribution >= 0.6 is 0 Å². The van der Waals surface area contributed by atoms with Gasteiger partial charge in [0.2, 0.25) is 0 Å². The minimum atomic E-state index is -4.14. The molecular formula is C18H18FN5O3S. The van der Waals surface area contributed by atoms with Crippen LogP contribution in [0, 0.1) is 12.7 Å². The van der Waals surface area contributed by atoms with Gasteiger partial charge in [0.1, 0.15) is 16.5 Å². The highest BCUT2D eigenvalue weighted by molar-refractivity contribution is 7.90. The Labute approximate surface area is 161 Å². The van der Waals surface area contributed by atoms with Gasteiger partial charge in [-0.1, -0.05) is 6.07 Å². The summed E-state index contributed by atoms with van der Waals surface area (Å²) in [6.07, 6.45) is 5.38. The van der Waals surface area contributed by atoms with Crippen LogP contribution in [0.15, 0.2) is 53.9 Å². The van der Waals surface area contributed by atoms with Crippen molar-refractivity contribution in [2.75, 3.05) is 12.4 Å². The molecule has 0 atom stereocenters. The smallest absolute Gasteiger partial charge is 0.270 e. The first-order valence-electron chi connectivity index (χ1n) is 8.28. The minimum absolute atomic E-state index is 0.121. The number of benzene rings is 1. The van der Waals surface area contributed by atoms with Gasteiger partial charge in [0, 0.05) is 19.4 Å². The summed E-state index contributed by atoms with van der Waals surface area (Å²) in [5.41, 5.74) is 1.27. The molecule has 2 N–H and O–H groups in total. The first kappa shape index (κ1) is 19.5. The average molecular weight is 403 g/mol. The second kappa shape index (κ2) is 7.77. The van der Waals surface area contributed by atoms with E-state index < -0.39 is 26.6 Å². The normalized spacial score (nSPS) is 11.2. The van der Waals surface area contributed by atoms with Crippen molar-refractivity contribution in [2.24, 2.45) is 0 Å². The van der Waals surface area contributed by atoms with Crippen LogP contribution in [0.1, 0.15) is 21.6 Å². The molecule has 1 amide bonds. The molecule has 3 aromatic rings. The standard InChI is InChI=1S/C18H18FN5O3S/c1-12-3-4-16(15(19)7-12)28(26,27)24-6-5-13(11-24)18(25)23-9-14-8-22-17(20-2)10-21-14/h3-8,10-11H,9H2,1-2H3,(H,20,22)(H,23,25). The fourth-order valence-electron chi connectivity index (χ4n) is 2.44. The zero-order chi connectivity index (χ0) is 20.3. The van der Waals surface area contributed by atoms with E-state index >= 15 is 0 Å². The predicted molar refractivity (Wildman–Crippen MR) is 101 cm³/mol. The van der Waals surface area contributed by atoms with Crippen LogP contribution in [0.4, 0.5) is 10.2 Å². The second-order valence-electron chi connectivity index (χ2n) is 5.99. The fraction of sp³-hybridized carbons (Fsp3) is 0.167. The molecule has 2 heterocycles. The molecule has 2 aromatic heterocycles. The van der Waals surface area contributed by atoms with E-state index in [1.165, 1.54) is 36.8 Å². The van der Waals surface area contributed by atoms with Crippen molar-refractivity contribution < 1.29 is 17.6 Å². The Morgan fingerprint density at radius 1 is 1.21 bits per heavy atom. The number of nitrogens with zero attached hydrogens (tertiary/aromatic N) is 3. The summed E-state index contributed by atoms with van der Waals surface area (Å²) in [6, 6.07) is 5.19. The number of amides is 1. The van der Waals surface area contributed by atoms with Crippen molar-refractivity contribution in [3.63, 3.8) is 0 Å². The number of carbonyl (C=O) groups excluding carboxylic acids is 1. The van der Waals surface area contributed by atoms with Crippen LogP contribution in [0.5, 0.6) is 0 Å². The third-order valence-electron chi connectivity index (χ3n) is 3.96. The molecule has 0 unspecified atom stereocenters. The zero-order valence-electron chi connectivity index (χ0n) is 15.2. The number of carbonyl (C=O) groups is 1. The van der Waals surface area contributed by atoms with Crippen molar-refractivity contribution in [1.82, 2.24) is 19.3 Å². The Balaban J connectivity index is 1.74. The molecule has 0 saturated carbocycles. The number of aromatic nitrogens is 3. The van der Waals surface area contributed by atoms with Gasteiger partial charge >= 0.3 is 0 Å². The number of rotatable bonds is 6. The highest BCUT2D eigenvalue weighted by Crippen LogP contribution is 2.20. The van der Waals surface area contributed by atoms with Gasteiger partial charge < -0.3 is 10.6 Å². The Bertz CT molecular complexity index is 1110. The third kappa shape index (κ3) is 4.01. The molecular weight excluding hydrogens is 385 g/mol. The van der Waals surface area contributed by atoms with Gasteiger partial charge in [-0.25, -0.2) is 21.8 Å². The Hall–Kier alpha value is -3.27. The van der Waals surface area contributed by atoms with Crippen LogP contribution in [-0.4, -0.2) is 35.3 Å². The molecule has 0 saturated heterocycles. The molecule has 10 heteroatoms. The van der Waals surface area contributed by atoms with Gasteiger partial charge in [0.25, 0.3) is 15.9 Å². The molecule has 3 rings (SSSR count). The molecule has 1 aromatic carbocycles. The van der Waals surface area contributed by atoms with Crippen molar-refractivity contribution in [2.45, 2.75) is 18.4 Å². The van der Waals surface area contributed by atoms with Gasteiger partial charge in [-0.15, -0.1) is 0 Å². The molecule has 28 heavy (non-hydrogen) atoms. The number of hydrogen-bond acceptors (Lipinski definition) is 6. The molecule has 8 nitrogen and oxygen atoms in total. The summed E-state index contributed by atoms with van der Waals surface area (Å²) in [6.45, 7) is 1.79. The molecule has 146 valence electrons. The largest absolute Gasteiger partial charge is 0.372 e. The summed E-state index contributed by atoms with van der Waals surface area (Å²) in [5, 5.41) is 5.47. The minimum Gasteiger partial charge on any atom is -0.372 e. The van der Waals surface area contributed by atoms with Crippen LogP contribution < -0.4 is 10.6 Å². The van der Waals surface area contributed by atoms with Gasteiger partial charge in [-0.05, 0) is 30.7 Å². The van der Waals surface area contributed by atoms with E-state index in [2.05, 4.69) is 20.6 Å². The van der Waals surface area contributed by atoms with Gasteiger partial charge in [0.05, 0.1) is 30.2 Å². The third-order valence-corrected chi connectivity index (χ3v) is 5.63. The van der Waals surface area contributed by atoms with E-state index in [1.54, 1.807) is 14.0 Å². The van der Waals surface area contributed by atoms with Gasteiger partial charge in [-0.3, -0.25) is 9.78 Å². The Morgan fingerprint density at radius 3 is 2.64 bits per heavy atom. The zero-order valence-corrected chi connectivity index (χ0v) is 16.0. The van der Waals surface area contributed by atoms with Crippen molar-refractivity contribution >= 4 is 21.7 Å².